The van der Waals surface area contributed by atoms with Crippen molar-refractivity contribution in [3.8, 4) is 67.4 Å². The molecule has 0 aliphatic rings. The first-order chi connectivity index (χ1) is 27.8. The van der Waals surface area contributed by atoms with E-state index in [1.54, 1.807) is 0 Å². The molecule has 4 nitrogen and oxygen atoms in total. The van der Waals surface area contributed by atoms with E-state index in [9.17, 15) is 0 Å². The van der Waals surface area contributed by atoms with Crippen LogP contribution >= 0.6 is 11.3 Å². The van der Waals surface area contributed by atoms with Gasteiger partial charge < -0.3 is 4.42 Å². The Kier molecular flexibility index (Phi) is 7.64. The third-order valence-electron chi connectivity index (χ3n) is 10.6. The highest BCUT2D eigenvalue weighted by Gasteiger charge is 2.20. The lowest BCUT2D eigenvalue weighted by molar-refractivity contribution is 0.670. The molecule has 0 bridgehead atoms. The normalized spacial score (nSPS) is 11.6. The van der Waals surface area contributed by atoms with Crippen LogP contribution in [0.5, 0.6) is 0 Å². The van der Waals surface area contributed by atoms with Gasteiger partial charge in [-0.3, -0.25) is 4.98 Å². The van der Waals surface area contributed by atoms with Crippen molar-refractivity contribution < 1.29 is 4.42 Å². The Bertz CT molecular complexity index is 3240. The molecule has 0 unspecified atom stereocenters. The summed E-state index contributed by atoms with van der Waals surface area (Å²) in [6, 6.07) is 63.4. The number of aromatic nitrogens is 3. The van der Waals surface area contributed by atoms with E-state index in [0.717, 1.165) is 72.4 Å². The fourth-order valence-corrected chi connectivity index (χ4v) is 9.19. The summed E-state index contributed by atoms with van der Waals surface area (Å²) < 4.78 is 9.33. The van der Waals surface area contributed by atoms with Gasteiger partial charge in [-0.1, -0.05) is 146 Å². The predicted molar refractivity (Wildman–Crippen MR) is 233 cm³/mol. The number of pyridine rings is 1. The minimum absolute atomic E-state index is 0.672. The number of benzene rings is 7. The van der Waals surface area contributed by atoms with Crippen LogP contribution in [0.3, 0.4) is 0 Å². The van der Waals surface area contributed by atoms with Crippen molar-refractivity contribution in [3.63, 3.8) is 0 Å². The van der Waals surface area contributed by atoms with Crippen molar-refractivity contribution in [2.24, 2.45) is 0 Å². The van der Waals surface area contributed by atoms with Gasteiger partial charge in [-0.05, 0) is 47.5 Å². The van der Waals surface area contributed by atoms with Crippen molar-refractivity contribution >= 4 is 53.4 Å². The number of fused-ring (bicyclic) bond motifs is 6. The van der Waals surface area contributed by atoms with E-state index in [4.69, 9.17) is 14.4 Å². The lowest BCUT2D eigenvalue weighted by Gasteiger charge is -2.13. The quantitative estimate of drug-likeness (QED) is 0.171. The Balaban J connectivity index is 1.05. The van der Waals surface area contributed by atoms with Gasteiger partial charge in [0.25, 0.3) is 0 Å². The third-order valence-corrected chi connectivity index (χ3v) is 11.8. The largest absolute Gasteiger partial charge is 0.455 e. The highest BCUT2D eigenvalue weighted by atomic mass is 32.1. The summed E-state index contributed by atoms with van der Waals surface area (Å²) in [6.07, 6.45) is 1.83. The summed E-state index contributed by atoms with van der Waals surface area (Å²) >= 11 is 1.85. The number of nitrogens with zero attached hydrogens (tertiary/aromatic N) is 3. The highest BCUT2D eigenvalue weighted by Crippen LogP contribution is 2.46. The van der Waals surface area contributed by atoms with Gasteiger partial charge in [0.1, 0.15) is 11.2 Å². The number of furan rings is 1. The molecule has 0 radical (unpaired) electrons. The van der Waals surface area contributed by atoms with Gasteiger partial charge in [0.2, 0.25) is 0 Å². The molecule has 7 aromatic carbocycles. The molecule has 0 spiro atoms. The topological polar surface area (TPSA) is 51.8 Å². The Morgan fingerprint density at radius 3 is 1.91 bits per heavy atom. The van der Waals surface area contributed by atoms with Crippen LogP contribution < -0.4 is 0 Å². The Morgan fingerprint density at radius 2 is 1.07 bits per heavy atom. The molecule has 11 rings (SSSR count). The standard InChI is InChI=1S/C51H31N3OS/c1-2-13-34(14-3-1)51-53-44(31-45(54-51)37-16-5-4-15-36(37)43-21-10-11-30-52-43)33-26-24-32(25-27-33)35-28-29-39(48-42-18-6-8-22-46(42)55-49(35)48)41-20-12-19-40-38-17-7-9-23-47(38)56-50(40)41/h1-31H. The first-order valence-corrected chi connectivity index (χ1v) is 19.5. The third kappa shape index (κ3) is 5.40. The first-order valence-electron chi connectivity index (χ1n) is 18.7. The van der Waals surface area contributed by atoms with Crippen molar-refractivity contribution in [3.05, 3.63) is 188 Å². The van der Waals surface area contributed by atoms with Crippen LogP contribution in [0.4, 0.5) is 0 Å². The zero-order chi connectivity index (χ0) is 37.0. The van der Waals surface area contributed by atoms with Crippen molar-refractivity contribution in [1.29, 1.82) is 0 Å². The molecule has 0 saturated heterocycles. The summed E-state index contributed by atoms with van der Waals surface area (Å²) in [4.78, 5) is 14.9. The van der Waals surface area contributed by atoms with Crippen LogP contribution in [-0.2, 0) is 0 Å². The molecular weight excluding hydrogens is 703 g/mol. The van der Waals surface area contributed by atoms with E-state index in [1.165, 1.54) is 31.3 Å². The van der Waals surface area contributed by atoms with Gasteiger partial charge in [0.05, 0.1) is 17.1 Å². The van der Waals surface area contributed by atoms with Crippen molar-refractivity contribution in [2.75, 3.05) is 0 Å². The molecule has 0 fully saturated rings. The number of para-hydroxylation sites is 1. The van der Waals surface area contributed by atoms with Crippen molar-refractivity contribution in [1.82, 2.24) is 15.0 Å². The Labute approximate surface area is 327 Å². The molecule has 0 aliphatic heterocycles. The second kappa shape index (κ2) is 13.3. The maximum atomic E-state index is 6.74. The fraction of sp³-hybridized carbons (Fsp3) is 0. The van der Waals surface area contributed by atoms with E-state index in [0.29, 0.717) is 5.82 Å². The molecule has 262 valence electrons. The van der Waals surface area contributed by atoms with E-state index in [1.807, 2.05) is 72.1 Å². The first kappa shape index (κ1) is 32.2. The van der Waals surface area contributed by atoms with Gasteiger partial charge in [0.15, 0.2) is 5.82 Å². The molecule has 4 aromatic heterocycles. The number of hydrogen-bond donors (Lipinski definition) is 0. The van der Waals surface area contributed by atoms with E-state index in [2.05, 4.69) is 132 Å². The lowest BCUT2D eigenvalue weighted by atomic mass is 9.93. The summed E-state index contributed by atoms with van der Waals surface area (Å²) in [6.45, 7) is 0. The monoisotopic (exact) mass is 733 g/mol. The SMILES string of the molecule is c1ccc(-c2nc(-c3ccc(-c4ccc(-c5cccc6c5sc5ccccc56)c5c4oc4ccccc45)cc3)cc(-c3ccccc3-c3ccccn3)n2)cc1. The number of thiophene rings is 1. The van der Waals surface area contributed by atoms with Crippen LogP contribution in [0.1, 0.15) is 0 Å². The Hall–Kier alpha value is -7.21. The second-order valence-electron chi connectivity index (χ2n) is 13.9. The van der Waals surface area contributed by atoms with Gasteiger partial charge in [-0.2, -0.15) is 0 Å². The molecule has 5 heteroatoms. The minimum Gasteiger partial charge on any atom is -0.455 e. The predicted octanol–water partition coefficient (Wildman–Crippen LogP) is 14.1. The van der Waals surface area contributed by atoms with Crippen LogP contribution in [-0.4, -0.2) is 15.0 Å². The van der Waals surface area contributed by atoms with E-state index in [-0.39, 0.29) is 0 Å². The summed E-state index contributed by atoms with van der Waals surface area (Å²) in [5.74, 6) is 0.672. The van der Waals surface area contributed by atoms with E-state index < -0.39 is 0 Å². The average Bonchev–Trinajstić information content (AvgIpc) is 3.86. The van der Waals surface area contributed by atoms with Crippen LogP contribution in [0, 0.1) is 0 Å². The van der Waals surface area contributed by atoms with Gasteiger partial charge in [-0.15, -0.1) is 11.3 Å². The molecule has 0 saturated carbocycles. The molecule has 0 amide bonds. The van der Waals surface area contributed by atoms with Gasteiger partial charge in [0, 0.05) is 70.5 Å². The lowest BCUT2D eigenvalue weighted by Crippen LogP contribution is -1.97. The molecular formula is C51H31N3OS. The maximum Gasteiger partial charge on any atom is 0.160 e. The maximum absolute atomic E-state index is 6.74. The molecule has 0 N–H and O–H groups in total. The molecule has 56 heavy (non-hydrogen) atoms. The molecule has 0 atom stereocenters. The Morgan fingerprint density at radius 1 is 0.411 bits per heavy atom. The smallest absolute Gasteiger partial charge is 0.160 e. The molecule has 11 aromatic rings. The van der Waals surface area contributed by atoms with Gasteiger partial charge >= 0.3 is 0 Å². The summed E-state index contributed by atoms with van der Waals surface area (Å²) in [5, 5.41) is 4.82. The zero-order valence-electron chi connectivity index (χ0n) is 30.1. The van der Waals surface area contributed by atoms with Crippen LogP contribution in [0.15, 0.2) is 193 Å². The second-order valence-corrected chi connectivity index (χ2v) is 15.0. The number of hydrogen-bond acceptors (Lipinski definition) is 5. The molecule has 4 heterocycles. The molecule has 0 aliphatic carbocycles. The van der Waals surface area contributed by atoms with E-state index >= 15 is 0 Å². The van der Waals surface area contributed by atoms with Crippen molar-refractivity contribution in [2.45, 2.75) is 0 Å². The van der Waals surface area contributed by atoms with Crippen LogP contribution in [0.25, 0.3) is 110 Å². The summed E-state index contributed by atoms with van der Waals surface area (Å²) in [5.41, 5.74) is 12.9. The zero-order valence-corrected chi connectivity index (χ0v) is 30.9. The highest BCUT2D eigenvalue weighted by molar-refractivity contribution is 7.26. The van der Waals surface area contributed by atoms with Gasteiger partial charge in [-0.25, -0.2) is 9.97 Å². The fourth-order valence-electron chi connectivity index (χ4n) is 7.96. The average molecular weight is 734 g/mol. The van der Waals surface area contributed by atoms with Crippen LogP contribution in [0.2, 0.25) is 0 Å². The summed E-state index contributed by atoms with van der Waals surface area (Å²) in [7, 11) is 0. The minimum atomic E-state index is 0.672. The number of rotatable bonds is 6.